The molecule has 1 atom stereocenters. The summed E-state index contributed by atoms with van der Waals surface area (Å²) in [6, 6.07) is 0. The average Bonchev–Trinajstić information content (AvgIpc) is 2.19. The average molecular weight is 213 g/mol. The number of ether oxygens (including phenoxy) is 2. The lowest BCUT2D eigenvalue weighted by Crippen LogP contribution is -2.37. The molecule has 1 aliphatic heterocycles. The lowest BCUT2D eigenvalue weighted by Gasteiger charge is -2.22. The fraction of sp³-hybridized carbons (Fsp3) is 0.600. The molecule has 0 radical (unpaired) electrons. The molecule has 0 spiro atoms. The molecule has 1 aliphatic rings. The highest BCUT2D eigenvalue weighted by Gasteiger charge is 2.33. The van der Waals surface area contributed by atoms with Crippen LogP contribution in [-0.4, -0.2) is 51.1 Å². The van der Waals surface area contributed by atoms with Gasteiger partial charge in [-0.05, 0) is 0 Å². The third-order valence-corrected chi connectivity index (χ3v) is 2.07. The molecule has 5 nitrogen and oxygen atoms in total. The Morgan fingerprint density at radius 2 is 2.27 bits per heavy atom. The summed E-state index contributed by atoms with van der Waals surface area (Å²) in [5.41, 5.74) is 0.502. The Balaban J connectivity index is 2.80. The van der Waals surface area contributed by atoms with Crippen LogP contribution in [0.1, 0.15) is 0 Å². The number of carbonyl (C=O) groups excluding carboxylic acids is 2. The van der Waals surface area contributed by atoms with E-state index >= 15 is 0 Å². The van der Waals surface area contributed by atoms with Crippen molar-refractivity contribution in [2.75, 3.05) is 34.4 Å². The molecule has 0 bridgehead atoms. The van der Waals surface area contributed by atoms with Crippen molar-refractivity contribution < 1.29 is 19.1 Å². The number of ketones is 1. The van der Waals surface area contributed by atoms with Crippen LogP contribution >= 0.6 is 0 Å². The second-order valence-electron chi connectivity index (χ2n) is 3.57. The van der Waals surface area contributed by atoms with Gasteiger partial charge in [-0.15, -0.1) is 0 Å². The second-order valence-corrected chi connectivity index (χ2v) is 3.57. The van der Waals surface area contributed by atoms with Crippen LogP contribution in [0.3, 0.4) is 0 Å². The third-order valence-electron chi connectivity index (χ3n) is 2.07. The zero-order valence-electron chi connectivity index (χ0n) is 9.15. The molecule has 0 saturated carbocycles. The van der Waals surface area contributed by atoms with E-state index < -0.39 is 11.9 Å². The van der Waals surface area contributed by atoms with Crippen LogP contribution in [0.4, 0.5) is 0 Å². The summed E-state index contributed by atoms with van der Waals surface area (Å²) >= 11 is 0. The van der Waals surface area contributed by atoms with Crippen molar-refractivity contribution >= 4 is 11.8 Å². The van der Waals surface area contributed by atoms with Crippen LogP contribution in [0.25, 0.3) is 0 Å². The first-order chi connectivity index (χ1) is 7.06. The van der Waals surface area contributed by atoms with Gasteiger partial charge in [-0.2, -0.15) is 0 Å². The van der Waals surface area contributed by atoms with Gasteiger partial charge in [0.2, 0.25) is 0 Å². The van der Waals surface area contributed by atoms with Gasteiger partial charge in [-0.1, -0.05) is 0 Å². The zero-order valence-corrected chi connectivity index (χ0v) is 9.15. The molecule has 0 amide bonds. The van der Waals surface area contributed by atoms with Gasteiger partial charge >= 0.3 is 5.97 Å². The van der Waals surface area contributed by atoms with Crippen molar-refractivity contribution in [2.24, 2.45) is 5.92 Å². The van der Waals surface area contributed by atoms with Gasteiger partial charge in [-0.3, -0.25) is 9.59 Å². The Labute approximate surface area is 88.6 Å². The number of esters is 1. The van der Waals surface area contributed by atoms with Crippen LogP contribution in [0.15, 0.2) is 11.8 Å². The van der Waals surface area contributed by atoms with Gasteiger partial charge in [0.25, 0.3) is 0 Å². The highest BCUT2D eigenvalue weighted by atomic mass is 16.5. The molecule has 0 aromatic carbocycles. The van der Waals surface area contributed by atoms with Crippen molar-refractivity contribution in [3.8, 4) is 0 Å². The highest BCUT2D eigenvalue weighted by molar-refractivity contribution is 6.08. The fourth-order valence-electron chi connectivity index (χ4n) is 1.39. The van der Waals surface area contributed by atoms with E-state index in [1.807, 2.05) is 14.1 Å². The maximum Gasteiger partial charge on any atom is 0.318 e. The Kier molecular flexibility index (Phi) is 3.85. The lowest BCUT2D eigenvalue weighted by atomic mass is 9.97. The second kappa shape index (κ2) is 4.93. The molecule has 5 heteroatoms. The van der Waals surface area contributed by atoms with E-state index in [4.69, 9.17) is 4.74 Å². The van der Waals surface area contributed by atoms with Crippen molar-refractivity contribution in [1.82, 2.24) is 4.90 Å². The molecular weight excluding hydrogens is 198 g/mol. The minimum Gasteiger partial charge on any atom is -0.468 e. The first-order valence-electron chi connectivity index (χ1n) is 4.63. The number of carbonyl (C=O) groups is 2. The predicted octanol–water partition coefficient (Wildman–Crippen LogP) is -0.180. The van der Waals surface area contributed by atoms with Crippen LogP contribution < -0.4 is 0 Å². The molecule has 1 fully saturated rings. The molecule has 0 aliphatic carbocycles. The quantitative estimate of drug-likeness (QED) is 0.362. The SMILES string of the molecule is COC(=O)C1COCC(=CN(C)C)C1=O. The fourth-order valence-corrected chi connectivity index (χ4v) is 1.39. The molecule has 1 heterocycles. The summed E-state index contributed by atoms with van der Waals surface area (Å²) in [6.45, 7) is 0.362. The van der Waals surface area contributed by atoms with Crippen LogP contribution in [0, 0.1) is 5.92 Å². The van der Waals surface area contributed by atoms with E-state index in [-0.39, 0.29) is 19.0 Å². The number of methoxy groups -OCH3 is 1. The maximum atomic E-state index is 11.8. The van der Waals surface area contributed by atoms with Crippen molar-refractivity contribution in [3.05, 3.63) is 11.8 Å². The van der Waals surface area contributed by atoms with E-state index in [2.05, 4.69) is 4.74 Å². The largest absolute Gasteiger partial charge is 0.468 e. The normalized spacial score (nSPS) is 24.1. The summed E-state index contributed by atoms with van der Waals surface area (Å²) in [5.74, 6) is -1.55. The molecule has 84 valence electrons. The Morgan fingerprint density at radius 1 is 1.60 bits per heavy atom. The summed E-state index contributed by atoms with van der Waals surface area (Å²) in [6.07, 6.45) is 1.66. The smallest absolute Gasteiger partial charge is 0.318 e. The van der Waals surface area contributed by atoms with Gasteiger partial charge in [0, 0.05) is 25.9 Å². The first-order valence-corrected chi connectivity index (χ1v) is 4.63. The van der Waals surface area contributed by atoms with E-state index in [0.29, 0.717) is 5.57 Å². The number of rotatable bonds is 2. The Bertz CT molecular complexity index is 296. The minimum atomic E-state index is -0.810. The van der Waals surface area contributed by atoms with Gasteiger partial charge in [0.05, 0.1) is 20.3 Å². The number of hydrogen-bond donors (Lipinski definition) is 0. The van der Waals surface area contributed by atoms with E-state index in [0.717, 1.165) is 0 Å². The Hall–Kier alpha value is -1.36. The van der Waals surface area contributed by atoms with E-state index in [9.17, 15) is 9.59 Å². The maximum absolute atomic E-state index is 11.8. The van der Waals surface area contributed by atoms with Crippen LogP contribution in [0.5, 0.6) is 0 Å². The topological polar surface area (TPSA) is 55.8 Å². The lowest BCUT2D eigenvalue weighted by molar-refractivity contribution is -0.152. The third kappa shape index (κ3) is 2.79. The monoisotopic (exact) mass is 213 g/mol. The number of hydrogen-bond acceptors (Lipinski definition) is 5. The number of nitrogens with zero attached hydrogens (tertiary/aromatic N) is 1. The van der Waals surface area contributed by atoms with Gasteiger partial charge in [0.1, 0.15) is 5.92 Å². The standard InChI is InChI=1S/C10H15NO4/c1-11(2)4-7-5-15-6-8(9(7)12)10(13)14-3/h4,8H,5-6H2,1-3H3. The zero-order chi connectivity index (χ0) is 11.4. The van der Waals surface area contributed by atoms with E-state index in [1.54, 1.807) is 11.1 Å². The summed E-state index contributed by atoms with van der Waals surface area (Å²) in [7, 11) is 4.88. The van der Waals surface area contributed by atoms with Gasteiger partial charge < -0.3 is 14.4 Å². The summed E-state index contributed by atoms with van der Waals surface area (Å²) in [5, 5.41) is 0. The molecular formula is C10H15NO4. The molecule has 15 heavy (non-hydrogen) atoms. The highest BCUT2D eigenvalue weighted by Crippen LogP contribution is 2.16. The van der Waals surface area contributed by atoms with Crippen molar-refractivity contribution in [1.29, 1.82) is 0 Å². The van der Waals surface area contributed by atoms with Crippen LogP contribution in [0.2, 0.25) is 0 Å². The predicted molar refractivity (Wildman–Crippen MR) is 53.1 cm³/mol. The molecule has 1 unspecified atom stereocenters. The summed E-state index contributed by atoms with van der Waals surface area (Å²) < 4.78 is 9.71. The van der Waals surface area contributed by atoms with Crippen LogP contribution in [-0.2, 0) is 19.1 Å². The van der Waals surface area contributed by atoms with Gasteiger partial charge in [-0.25, -0.2) is 0 Å². The Morgan fingerprint density at radius 3 is 2.80 bits per heavy atom. The first kappa shape index (κ1) is 11.7. The van der Waals surface area contributed by atoms with Crippen molar-refractivity contribution in [2.45, 2.75) is 0 Å². The molecule has 0 aromatic heterocycles. The van der Waals surface area contributed by atoms with Crippen molar-refractivity contribution in [3.63, 3.8) is 0 Å². The summed E-state index contributed by atoms with van der Waals surface area (Å²) in [4.78, 5) is 24.8. The van der Waals surface area contributed by atoms with E-state index in [1.165, 1.54) is 7.11 Å². The number of Topliss-reactive ketones (excluding diaryl/α,β-unsaturated/α-hetero) is 1. The molecule has 0 aromatic rings. The molecule has 1 rings (SSSR count). The minimum absolute atomic E-state index is 0.107. The van der Waals surface area contributed by atoms with Gasteiger partial charge in [0.15, 0.2) is 5.78 Å². The molecule has 1 saturated heterocycles. The molecule has 0 N–H and O–H groups in total.